The molecule has 1 aromatic heterocycles. The maximum atomic E-state index is 12.4. The Balaban J connectivity index is 1.14. The molecule has 6 atom stereocenters. The third-order valence-electron chi connectivity index (χ3n) is 11.4. The summed E-state index contributed by atoms with van der Waals surface area (Å²) in [5.74, 6) is 1.03. The molecule has 5 aliphatic rings. The van der Waals surface area contributed by atoms with E-state index in [1.54, 1.807) is 6.26 Å². The van der Waals surface area contributed by atoms with E-state index in [-0.39, 0.29) is 22.4 Å². The van der Waals surface area contributed by atoms with Crippen LogP contribution in [0.1, 0.15) is 83.1 Å². The van der Waals surface area contributed by atoms with Gasteiger partial charge >= 0.3 is 5.63 Å². The standard InChI is InChI=1S/C31H45N3O4/c1-29-11-8-24(33-38-19-18-34-16-3-14-32-15-17-34)20-23(29)5-6-27-26(29)9-12-30(2)25(10-13-31(27,30)36)22-4-7-28(35)37-21-22/h4,7,20-21,25-27,32,36H,3,5-6,8-19H2,1-2H3/b33-24+/t25-,26+,27-,29+,30-,31+/m1/s1. The zero-order chi connectivity index (χ0) is 26.4. The van der Waals surface area contributed by atoms with Crippen LogP contribution in [0, 0.1) is 22.7 Å². The van der Waals surface area contributed by atoms with Gasteiger partial charge in [-0.05, 0) is 112 Å². The topological polar surface area (TPSA) is 87.3 Å². The quantitative estimate of drug-likeness (QED) is 0.438. The van der Waals surface area contributed by atoms with Crippen LogP contribution in [-0.4, -0.2) is 60.6 Å². The highest BCUT2D eigenvalue weighted by molar-refractivity contribution is 5.96. The van der Waals surface area contributed by atoms with Crippen molar-refractivity contribution in [2.45, 2.75) is 83.2 Å². The number of nitrogens with one attached hydrogen (secondary N) is 1. The van der Waals surface area contributed by atoms with Crippen LogP contribution in [-0.2, 0) is 4.84 Å². The van der Waals surface area contributed by atoms with Gasteiger partial charge in [0, 0.05) is 31.1 Å². The monoisotopic (exact) mass is 523 g/mol. The molecule has 4 fully saturated rings. The molecule has 0 aromatic carbocycles. The summed E-state index contributed by atoms with van der Waals surface area (Å²) in [5.41, 5.74) is 2.61. The summed E-state index contributed by atoms with van der Waals surface area (Å²) in [6.07, 6.45) is 13.2. The summed E-state index contributed by atoms with van der Waals surface area (Å²) in [4.78, 5) is 19.8. The first kappa shape index (κ1) is 26.3. The molecule has 2 heterocycles. The van der Waals surface area contributed by atoms with Crippen LogP contribution in [0.3, 0.4) is 0 Å². The lowest BCUT2D eigenvalue weighted by Crippen LogP contribution is -2.60. The Morgan fingerprint density at radius 1 is 1.11 bits per heavy atom. The first-order valence-corrected chi connectivity index (χ1v) is 15.0. The molecule has 0 amide bonds. The molecule has 208 valence electrons. The maximum Gasteiger partial charge on any atom is 0.335 e. The molecule has 1 aromatic rings. The summed E-state index contributed by atoms with van der Waals surface area (Å²) in [7, 11) is 0. The van der Waals surface area contributed by atoms with Crippen LogP contribution >= 0.6 is 0 Å². The van der Waals surface area contributed by atoms with Gasteiger partial charge in [0.2, 0.25) is 0 Å². The fourth-order valence-electron chi connectivity index (χ4n) is 9.14. The summed E-state index contributed by atoms with van der Waals surface area (Å²) < 4.78 is 5.23. The Hall–Kier alpha value is -1.96. The number of aliphatic hydroxyl groups is 1. The third-order valence-corrected chi connectivity index (χ3v) is 11.4. The lowest BCUT2D eigenvalue weighted by molar-refractivity contribution is -0.176. The average molecular weight is 524 g/mol. The molecule has 7 heteroatoms. The van der Waals surface area contributed by atoms with E-state index in [4.69, 9.17) is 9.25 Å². The lowest BCUT2D eigenvalue weighted by Gasteiger charge is -2.61. The van der Waals surface area contributed by atoms with Gasteiger partial charge in [-0.3, -0.25) is 4.90 Å². The maximum absolute atomic E-state index is 12.4. The lowest BCUT2D eigenvalue weighted by atomic mass is 9.45. The Labute approximate surface area is 226 Å². The van der Waals surface area contributed by atoms with Gasteiger partial charge in [0.15, 0.2) is 0 Å². The van der Waals surface area contributed by atoms with Crippen LogP contribution in [0.25, 0.3) is 0 Å². The smallest absolute Gasteiger partial charge is 0.335 e. The van der Waals surface area contributed by atoms with Crippen molar-refractivity contribution in [1.82, 2.24) is 10.2 Å². The molecular formula is C31H45N3O4. The molecule has 0 bridgehead atoms. The van der Waals surface area contributed by atoms with Gasteiger partial charge in [0.05, 0.1) is 17.6 Å². The number of fused-ring (bicyclic) bond motifs is 5. The predicted octanol–water partition coefficient (Wildman–Crippen LogP) is 4.47. The van der Waals surface area contributed by atoms with Gasteiger partial charge in [0.25, 0.3) is 0 Å². The minimum absolute atomic E-state index is 0.121. The Morgan fingerprint density at radius 2 is 2.00 bits per heavy atom. The van der Waals surface area contributed by atoms with Crippen LogP contribution in [0.15, 0.2) is 44.4 Å². The second kappa shape index (κ2) is 10.2. The summed E-state index contributed by atoms with van der Waals surface area (Å²) >= 11 is 0. The van der Waals surface area contributed by atoms with E-state index >= 15 is 0 Å². The molecule has 38 heavy (non-hydrogen) atoms. The molecular weight excluding hydrogens is 478 g/mol. The van der Waals surface area contributed by atoms with Crippen LogP contribution < -0.4 is 10.9 Å². The molecule has 6 rings (SSSR count). The molecule has 0 spiro atoms. The first-order valence-electron chi connectivity index (χ1n) is 15.0. The van der Waals surface area contributed by atoms with Crippen molar-refractivity contribution in [2.75, 3.05) is 39.3 Å². The predicted molar refractivity (Wildman–Crippen MR) is 148 cm³/mol. The number of rotatable bonds is 5. The van der Waals surface area contributed by atoms with Crippen molar-refractivity contribution in [3.05, 3.63) is 46.0 Å². The van der Waals surface area contributed by atoms with Gasteiger partial charge < -0.3 is 19.7 Å². The van der Waals surface area contributed by atoms with Crippen molar-refractivity contribution in [1.29, 1.82) is 0 Å². The molecule has 0 radical (unpaired) electrons. The van der Waals surface area contributed by atoms with E-state index in [1.165, 1.54) is 18.1 Å². The van der Waals surface area contributed by atoms with Gasteiger partial charge in [-0.2, -0.15) is 0 Å². The number of hydrogen-bond donors (Lipinski definition) is 2. The van der Waals surface area contributed by atoms with Crippen molar-refractivity contribution in [3.63, 3.8) is 0 Å². The van der Waals surface area contributed by atoms with E-state index in [9.17, 15) is 9.90 Å². The van der Waals surface area contributed by atoms with E-state index < -0.39 is 5.60 Å². The van der Waals surface area contributed by atoms with E-state index in [2.05, 4.69) is 35.3 Å². The minimum Gasteiger partial charge on any atom is -0.431 e. The zero-order valence-electron chi connectivity index (χ0n) is 23.2. The Kier molecular flexibility index (Phi) is 7.06. The van der Waals surface area contributed by atoms with Gasteiger partial charge in [-0.1, -0.05) is 24.6 Å². The molecule has 2 N–H and O–H groups in total. The molecule has 1 aliphatic heterocycles. The number of allylic oxidation sites excluding steroid dienone is 2. The average Bonchev–Trinajstić information content (AvgIpc) is 3.04. The van der Waals surface area contributed by atoms with Crippen LogP contribution in [0.4, 0.5) is 0 Å². The van der Waals surface area contributed by atoms with E-state index in [1.807, 2.05) is 6.07 Å². The van der Waals surface area contributed by atoms with Gasteiger partial charge in [-0.15, -0.1) is 0 Å². The summed E-state index contributed by atoms with van der Waals surface area (Å²) in [5, 5.41) is 20.4. The Morgan fingerprint density at radius 3 is 2.84 bits per heavy atom. The highest BCUT2D eigenvalue weighted by Gasteiger charge is 2.66. The second-order valence-corrected chi connectivity index (χ2v) is 13.1. The summed E-state index contributed by atoms with van der Waals surface area (Å²) in [6.45, 7) is 10.7. The van der Waals surface area contributed by atoms with Crippen molar-refractivity contribution >= 4 is 5.71 Å². The highest BCUT2D eigenvalue weighted by Crippen LogP contribution is 2.69. The highest BCUT2D eigenvalue weighted by atomic mass is 16.6. The minimum atomic E-state index is -0.675. The molecule has 0 unspecified atom stereocenters. The second-order valence-electron chi connectivity index (χ2n) is 13.1. The van der Waals surface area contributed by atoms with Gasteiger partial charge in [-0.25, -0.2) is 4.79 Å². The van der Waals surface area contributed by atoms with Crippen molar-refractivity contribution in [2.24, 2.45) is 27.8 Å². The fourth-order valence-corrected chi connectivity index (χ4v) is 9.14. The number of nitrogens with zero attached hydrogens (tertiary/aromatic N) is 2. The van der Waals surface area contributed by atoms with E-state index in [0.29, 0.717) is 18.4 Å². The van der Waals surface area contributed by atoms with Crippen LogP contribution in [0.5, 0.6) is 0 Å². The fraction of sp³-hybridized carbons (Fsp3) is 0.742. The Bertz CT molecular complexity index is 1120. The number of hydrogen-bond acceptors (Lipinski definition) is 7. The van der Waals surface area contributed by atoms with Crippen molar-refractivity contribution < 1.29 is 14.4 Å². The summed E-state index contributed by atoms with van der Waals surface area (Å²) in [6, 6.07) is 3.44. The number of oxime groups is 1. The molecule has 3 saturated carbocycles. The molecule has 7 nitrogen and oxygen atoms in total. The van der Waals surface area contributed by atoms with Gasteiger partial charge in [0.1, 0.15) is 6.61 Å². The normalized spacial score (nSPS) is 40.6. The van der Waals surface area contributed by atoms with E-state index in [0.717, 1.165) is 95.4 Å². The SMILES string of the molecule is C[C@]12CC/C(=N\OCCN3CCCNCC3)C=C1CC[C@@H]1[C@@H]2CC[C@]2(C)[C@@H](c3ccc(=O)oc3)CC[C@]12O. The largest absolute Gasteiger partial charge is 0.431 e. The molecule has 1 saturated heterocycles. The van der Waals surface area contributed by atoms with Crippen LogP contribution in [0.2, 0.25) is 0 Å². The third kappa shape index (κ3) is 4.39. The zero-order valence-corrected chi connectivity index (χ0v) is 23.2. The first-order chi connectivity index (χ1) is 18.3. The van der Waals surface area contributed by atoms with Crippen molar-refractivity contribution in [3.8, 4) is 0 Å². The molecule has 4 aliphatic carbocycles.